The lowest BCUT2D eigenvalue weighted by Crippen LogP contribution is -1.99. The highest BCUT2D eigenvalue weighted by molar-refractivity contribution is 9.10. The van der Waals surface area contributed by atoms with Crippen LogP contribution >= 0.6 is 43.5 Å². The summed E-state index contributed by atoms with van der Waals surface area (Å²) in [7, 11) is 0. The summed E-state index contributed by atoms with van der Waals surface area (Å²) < 4.78 is 1.96. The van der Waals surface area contributed by atoms with E-state index in [1.54, 1.807) is 36.4 Å². The number of nitrogens with zero attached hydrogens (tertiary/aromatic N) is 4. The Balaban J connectivity index is 0.000000229. The van der Waals surface area contributed by atoms with E-state index in [1.165, 1.54) is 0 Å². The van der Waals surface area contributed by atoms with E-state index in [9.17, 15) is 4.79 Å². The number of halogens is 3. The predicted molar refractivity (Wildman–Crippen MR) is 186 cm³/mol. The van der Waals surface area contributed by atoms with Gasteiger partial charge in [0.25, 0.3) is 5.24 Å². The molecule has 1 aromatic heterocycles. The summed E-state index contributed by atoms with van der Waals surface area (Å²) in [5.74, 6) is 2.01. The van der Waals surface area contributed by atoms with Gasteiger partial charge in [0.15, 0.2) is 17.5 Å². The van der Waals surface area contributed by atoms with Crippen LogP contribution in [0.15, 0.2) is 148 Å². The first-order valence-electron chi connectivity index (χ1n) is 13.0. The lowest BCUT2D eigenvalue weighted by atomic mass is 10.1. The molecule has 8 heteroatoms. The summed E-state index contributed by atoms with van der Waals surface area (Å²) in [5.41, 5.74) is 4.14. The fourth-order valence-corrected chi connectivity index (χ4v) is 4.28. The third kappa shape index (κ3) is 10.4. The van der Waals surface area contributed by atoms with Gasteiger partial charge in [-0.05, 0) is 60.1 Å². The Morgan fingerprint density at radius 2 is 0.886 bits per heavy atom. The van der Waals surface area contributed by atoms with Crippen molar-refractivity contribution in [1.29, 1.82) is 5.26 Å². The van der Waals surface area contributed by atoms with Crippen LogP contribution in [0.5, 0.6) is 0 Å². The zero-order valence-electron chi connectivity index (χ0n) is 22.6. The summed E-state index contributed by atoms with van der Waals surface area (Å²) in [6.07, 6.45) is 0. The van der Waals surface area contributed by atoms with Crippen LogP contribution in [0.2, 0.25) is 0 Å². The maximum atomic E-state index is 10.5. The second-order valence-corrected chi connectivity index (χ2v) is 11.0. The summed E-state index contributed by atoms with van der Waals surface area (Å²) in [4.78, 5) is 24.6. The van der Waals surface area contributed by atoms with E-state index in [0.29, 0.717) is 28.6 Å². The number of rotatable bonds is 4. The molecule has 0 atom stereocenters. The SMILES string of the molecule is Brc1ccc(-c2nc(-c3ccccc3)nc(-c3ccccc3)n2)cc1.C.N#Cc1ccccc1.O=C(Cl)c1ccc(Br)cc1. The number of benzene rings is 5. The molecule has 6 aromatic rings. The van der Waals surface area contributed by atoms with Crippen molar-refractivity contribution in [3.8, 4) is 40.2 Å². The molecule has 0 aliphatic carbocycles. The Morgan fingerprint density at radius 1 is 0.545 bits per heavy atom. The van der Waals surface area contributed by atoms with Crippen molar-refractivity contribution >= 4 is 48.7 Å². The van der Waals surface area contributed by atoms with Crippen LogP contribution in [-0.4, -0.2) is 20.2 Å². The summed E-state index contributed by atoms with van der Waals surface area (Å²) in [5, 5.41) is 7.86. The Labute approximate surface area is 279 Å². The van der Waals surface area contributed by atoms with E-state index in [-0.39, 0.29) is 7.43 Å². The Morgan fingerprint density at radius 3 is 1.23 bits per heavy atom. The van der Waals surface area contributed by atoms with Crippen molar-refractivity contribution in [3.05, 3.63) is 160 Å². The second kappa shape index (κ2) is 17.6. The fraction of sp³-hybridized carbons (Fsp3) is 0.0278. The molecule has 6 rings (SSSR count). The van der Waals surface area contributed by atoms with Crippen molar-refractivity contribution in [1.82, 2.24) is 15.0 Å². The number of carbonyl (C=O) groups is 1. The Hall–Kier alpha value is -4.48. The molecular formula is C36H27Br2ClN4O. The molecule has 0 fully saturated rings. The molecular weight excluding hydrogens is 700 g/mol. The van der Waals surface area contributed by atoms with Gasteiger partial charge in [-0.1, -0.05) is 130 Å². The minimum absolute atomic E-state index is 0. The first-order valence-corrected chi connectivity index (χ1v) is 14.9. The van der Waals surface area contributed by atoms with E-state index in [0.717, 1.165) is 25.6 Å². The standard InChI is InChI=1S/C21H14BrN3.C7H4BrClO.C7H5N.CH4/c22-18-13-11-17(12-14-18)21-24-19(15-7-3-1-4-8-15)23-20(25-21)16-9-5-2-6-10-16;8-6-3-1-5(2-4-6)7(9)10;8-6-7-4-2-1-3-5-7;/h1-14H;1-4H;1-5H;1H4. The van der Waals surface area contributed by atoms with Gasteiger partial charge in [-0.15, -0.1) is 0 Å². The minimum atomic E-state index is -0.424. The molecule has 0 amide bonds. The molecule has 5 nitrogen and oxygen atoms in total. The largest absolute Gasteiger partial charge is 0.276 e. The number of hydrogen-bond donors (Lipinski definition) is 0. The van der Waals surface area contributed by atoms with Gasteiger partial charge >= 0.3 is 0 Å². The topological polar surface area (TPSA) is 79.5 Å². The molecule has 44 heavy (non-hydrogen) atoms. The summed E-state index contributed by atoms with van der Waals surface area (Å²) >= 11 is 11.9. The molecule has 1 heterocycles. The maximum absolute atomic E-state index is 10.5. The van der Waals surface area contributed by atoms with Gasteiger partial charge in [-0.25, -0.2) is 15.0 Å². The lowest BCUT2D eigenvalue weighted by Gasteiger charge is -2.08. The van der Waals surface area contributed by atoms with Crippen LogP contribution in [0.25, 0.3) is 34.2 Å². The fourth-order valence-electron chi connectivity index (χ4n) is 3.63. The monoisotopic (exact) mass is 724 g/mol. The first kappa shape index (κ1) is 34.0. The molecule has 0 saturated heterocycles. The quantitative estimate of drug-likeness (QED) is 0.169. The number of carbonyl (C=O) groups excluding carboxylic acids is 1. The molecule has 0 bridgehead atoms. The molecule has 0 spiro atoms. The van der Waals surface area contributed by atoms with Crippen molar-refractivity contribution in [2.75, 3.05) is 0 Å². The Bertz CT molecular complexity index is 1740. The zero-order valence-corrected chi connectivity index (χ0v) is 26.5. The average Bonchev–Trinajstić information content (AvgIpc) is 3.07. The van der Waals surface area contributed by atoms with Crippen molar-refractivity contribution in [2.45, 2.75) is 7.43 Å². The highest BCUT2D eigenvalue weighted by atomic mass is 79.9. The molecule has 5 aromatic carbocycles. The average molecular weight is 727 g/mol. The van der Waals surface area contributed by atoms with Crippen LogP contribution in [-0.2, 0) is 0 Å². The van der Waals surface area contributed by atoms with Crippen LogP contribution in [0, 0.1) is 11.3 Å². The molecule has 0 radical (unpaired) electrons. The molecule has 0 aliphatic heterocycles. The highest BCUT2D eigenvalue weighted by Crippen LogP contribution is 2.25. The number of hydrogen-bond acceptors (Lipinski definition) is 5. The maximum Gasteiger partial charge on any atom is 0.252 e. The molecule has 218 valence electrons. The minimum Gasteiger partial charge on any atom is -0.276 e. The predicted octanol–water partition coefficient (Wildman–Crippen LogP) is 10.7. The van der Waals surface area contributed by atoms with Gasteiger partial charge in [0.2, 0.25) is 0 Å². The third-order valence-corrected chi connectivity index (χ3v) is 7.05. The molecule has 0 aliphatic rings. The van der Waals surface area contributed by atoms with E-state index in [1.807, 2.05) is 109 Å². The lowest BCUT2D eigenvalue weighted by molar-refractivity contribution is 0.108. The zero-order chi connectivity index (χ0) is 30.4. The van der Waals surface area contributed by atoms with Crippen molar-refractivity contribution in [3.63, 3.8) is 0 Å². The van der Waals surface area contributed by atoms with E-state index in [2.05, 4.69) is 36.8 Å². The smallest absolute Gasteiger partial charge is 0.252 e. The van der Waals surface area contributed by atoms with Crippen molar-refractivity contribution < 1.29 is 4.79 Å². The van der Waals surface area contributed by atoms with E-state index in [4.69, 9.17) is 26.8 Å². The van der Waals surface area contributed by atoms with Gasteiger partial charge < -0.3 is 0 Å². The second-order valence-electron chi connectivity index (χ2n) is 8.80. The first-order chi connectivity index (χ1) is 20.9. The molecule has 0 unspecified atom stereocenters. The summed E-state index contributed by atoms with van der Waals surface area (Å²) in [6.45, 7) is 0. The van der Waals surface area contributed by atoms with Crippen LogP contribution in [0.4, 0.5) is 0 Å². The normalized spacial score (nSPS) is 9.59. The third-order valence-electron chi connectivity index (χ3n) is 5.78. The van der Waals surface area contributed by atoms with Gasteiger partial charge in [0, 0.05) is 31.2 Å². The van der Waals surface area contributed by atoms with Gasteiger partial charge in [0.05, 0.1) is 11.6 Å². The van der Waals surface area contributed by atoms with E-state index < -0.39 is 5.24 Å². The van der Waals surface area contributed by atoms with Gasteiger partial charge in [0.1, 0.15) is 0 Å². The van der Waals surface area contributed by atoms with Crippen molar-refractivity contribution in [2.24, 2.45) is 0 Å². The van der Waals surface area contributed by atoms with Gasteiger partial charge in [-0.2, -0.15) is 5.26 Å². The van der Waals surface area contributed by atoms with Crippen LogP contribution in [0.3, 0.4) is 0 Å². The highest BCUT2D eigenvalue weighted by Gasteiger charge is 2.11. The Kier molecular flexibility index (Phi) is 13.6. The van der Waals surface area contributed by atoms with Gasteiger partial charge in [-0.3, -0.25) is 4.79 Å². The summed E-state index contributed by atoms with van der Waals surface area (Å²) in [6, 6.07) is 46.0. The van der Waals surface area contributed by atoms with Crippen LogP contribution < -0.4 is 0 Å². The molecule has 0 N–H and O–H groups in total. The molecule has 0 saturated carbocycles. The van der Waals surface area contributed by atoms with Crippen LogP contribution in [0.1, 0.15) is 23.3 Å². The number of aromatic nitrogens is 3. The number of nitriles is 1. The van der Waals surface area contributed by atoms with E-state index >= 15 is 0 Å².